The first kappa shape index (κ1) is 17.1. The Morgan fingerprint density at radius 3 is 2.40 bits per heavy atom. The lowest BCUT2D eigenvalue weighted by molar-refractivity contribution is 0.0704. The molecule has 1 aromatic heterocycles. The van der Waals surface area contributed by atoms with E-state index < -0.39 is 6.09 Å². The van der Waals surface area contributed by atoms with Crippen LogP contribution in [0, 0.1) is 13.8 Å². The molecule has 1 aliphatic rings. The third kappa shape index (κ3) is 3.70. The average molecular weight is 342 g/mol. The fourth-order valence-corrected chi connectivity index (χ4v) is 3.00. The number of carbonyl (C=O) groups is 2. The third-order valence-electron chi connectivity index (χ3n) is 4.61. The molecule has 2 heterocycles. The van der Waals surface area contributed by atoms with Gasteiger partial charge in [0.1, 0.15) is 0 Å². The maximum atomic E-state index is 12.7. The Kier molecular flexibility index (Phi) is 4.83. The molecule has 132 valence electrons. The Morgan fingerprint density at radius 2 is 1.76 bits per heavy atom. The number of aryl methyl sites for hydroxylation is 2. The van der Waals surface area contributed by atoms with Crippen LogP contribution < -0.4 is 5.32 Å². The lowest BCUT2D eigenvalue weighted by Crippen LogP contribution is -2.46. The van der Waals surface area contributed by atoms with E-state index in [0.717, 1.165) is 22.4 Å². The van der Waals surface area contributed by atoms with Gasteiger partial charge in [0.05, 0.1) is 29.5 Å². The van der Waals surface area contributed by atoms with Crippen molar-refractivity contribution >= 4 is 23.0 Å². The summed E-state index contributed by atoms with van der Waals surface area (Å²) >= 11 is 0. The summed E-state index contributed by atoms with van der Waals surface area (Å²) in [5, 5.41) is 2.79. The molecule has 0 saturated carbocycles. The molecule has 2 aromatic rings. The minimum absolute atomic E-state index is 0.0153. The Labute approximate surface area is 146 Å². The van der Waals surface area contributed by atoms with Gasteiger partial charge in [-0.05, 0) is 44.9 Å². The highest BCUT2D eigenvalue weighted by Crippen LogP contribution is 2.18. The zero-order chi connectivity index (χ0) is 18.0. The summed E-state index contributed by atoms with van der Waals surface area (Å²) < 4.78 is 4.61. The summed E-state index contributed by atoms with van der Waals surface area (Å²) in [7, 11) is 1.35. The van der Waals surface area contributed by atoms with E-state index in [1.165, 1.54) is 7.11 Å². The number of methoxy groups -OCH3 is 1. The first-order valence-corrected chi connectivity index (χ1v) is 8.36. The Hall–Kier alpha value is -2.70. The lowest BCUT2D eigenvalue weighted by atomic mass is 10.0. The van der Waals surface area contributed by atoms with Crippen molar-refractivity contribution in [3.8, 4) is 0 Å². The van der Waals surface area contributed by atoms with E-state index >= 15 is 0 Å². The Bertz CT molecular complexity index is 813. The summed E-state index contributed by atoms with van der Waals surface area (Å²) in [4.78, 5) is 34.8. The normalized spacial score (nSPS) is 15.2. The molecule has 1 N–H and O–H groups in total. The van der Waals surface area contributed by atoms with E-state index in [9.17, 15) is 9.59 Å². The van der Waals surface area contributed by atoms with E-state index in [0.29, 0.717) is 31.5 Å². The summed E-state index contributed by atoms with van der Waals surface area (Å²) in [6.45, 7) is 5.04. The standard InChI is InChI=1S/C18H22N4O3/c1-11-12(2)20-16-10-13(4-5-15(16)19-11)17(23)22-8-6-14(7-9-22)21-18(24)25-3/h4-5,10,14H,6-9H2,1-3H3,(H,21,24). The van der Waals surface area contributed by atoms with Crippen LogP contribution in [0.5, 0.6) is 0 Å². The second-order valence-electron chi connectivity index (χ2n) is 6.30. The van der Waals surface area contributed by atoms with Gasteiger partial charge < -0.3 is 15.0 Å². The van der Waals surface area contributed by atoms with Crippen LogP contribution in [0.4, 0.5) is 4.79 Å². The molecule has 0 unspecified atom stereocenters. The number of benzene rings is 1. The van der Waals surface area contributed by atoms with Gasteiger partial charge in [0.15, 0.2) is 0 Å². The number of ether oxygens (including phenoxy) is 1. The van der Waals surface area contributed by atoms with Gasteiger partial charge in [0.25, 0.3) is 5.91 Å². The first-order valence-electron chi connectivity index (χ1n) is 8.36. The van der Waals surface area contributed by atoms with Crippen molar-refractivity contribution in [2.24, 2.45) is 0 Å². The SMILES string of the molecule is COC(=O)NC1CCN(C(=O)c2ccc3nc(C)c(C)nc3c2)CC1. The highest BCUT2D eigenvalue weighted by molar-refractivity contribution is 5.97. The molecule has 0 atom stereocenters. The molecular formula is C18H22N4O3. The van der Waals surface area contributed by atoms with Gasteiger partial charge in [0.2, 0.25) is 0 Å². The fraction of sp³-hybridized carbons (Fsp3) is 0.444. The van der Waals surface area contributed by atoms with Crippen LogP contribution in [0.2, 0.25) is 0 Å². The second-order valence-corrected chi connectivity index (χ2v) is 6.30. The van der Waals surface area contributed by atoms with Crippen molar-refractivity contribution in [2.45, 2.75) is 32.7 Å². The van der Waals surface area contributed by atoms with Crippen LogP contribution >= 0.6 is 0 Å². The summed E-state index contributed by atoms with van der Waals surface area (Å²) in [6.07, 6.45) is 1.00. The number of hydrogen-bond acceptors (Lipinski definition) is 5. The maximum absolute atomic E-state index is 12.7. The lowest BCUT2D eigenvalue weighted by Gasteiger charge is -2.32. The number of carbonyl (C=O) groups excluding carboxylic acids is 2. The number of amides is 2. The van der Waals surface area contributed by atoms with Crippen LogP contribution in [0.15, 0.2) is 18.2 Å². The number of nitrogens with one attached hydrogen (secondary N) is 1. The zero-order valence-corrected chi connectivity index (χ0v) is 14.7. The smallest absolute Gasteiger partial charge is 0.407 e. The van der Waals surface area contributed by atoms with Gasteiger partial charge in [-0.2, -0.15) is 0 Å². The zero-order valence-electron chi connectivity index (χ0n) is 14.7. The van der Waals surface area contributed by atoms with Crippen LogP contribution in [0.25, 0.3) is 11.0 Å². The van der Waals surface area contributed by atoms with E-state index in [1.54, 1.807) is 12.1 Å². The predicted octanol–water partition coefficient (Wildman–Crippen LogP) is 2.21. The molecule has 7 nitrogen and oxygen atoms in total. The predicted molar refractivity (Wildman–Crippen MR) is 93.5 cm³/mol. The van der Waals surface area contributed by atoms with Crippen LogP contribution in [0.3, 0.4) is 0 Å². The van der Waals surface area contributed by atoms with Gasteiger partial charge in [-0.25, -0.2) is 14.8 Å². The van der Waals surface area contributed by atoms with Gasteiger partial charge in [-0.1, -0.05) is 0 Å². The minimum atomic E-state index is -0.427. The number of nitrogens with zero attached hydrogens (tertiary/aromatic N) is 3. The van der Waals surface area contributed by atoms with Gasteiger partial charge in [-0.15, -0.1) is 0 Å². The summed E-state index contributed by atoms with van der Waals surface area (Å²) in [5.41, 5.74) is 3.90. The number of piperidine rings is 1. The minimum Gasteiger partial charge on any atom is -0.453 e. The van der Waals surface area contributed by atoms with Crippen molar-refractivity contribution in [1.82, 2.24) is 20.2 Å². The number of alkyl carbamates (subject to hydrolysis) is 1. The van der Waals surface area contributed by atoms with Gasteiger partial charge >= 0.3 is 6.09 Å². The number of aromatic nitrogens is 2. The third-order valence-corrected chi connectivity index (χ3v) is 4.61. The number of fused-ring (bicyclic) bond motifs is 1. The van der Waals surface area contributed by atoms with Crippen molar-refractivity contribution in [3.05, 3.63) is 35.2 Å². The van der Waals surface area contributed by atoms with E-state index in [4.69, 9.17) is 0 Å². The molecule has 0 bridgehead atoms. The van der Waals surface area contributed by atoms with Crippen LogP contribution in [-0.2, 0) is 4.74 Å². The number of rotatable bonds is 2. The average Bonchev–Trinajstić information content (AvgIpc) is 2.62. The monoisotopic (exact) mass is 342 g/mol. The van der Waals surface area contributed by atoms with Crippen LogP contribution in [-0.4, -0.2) is 53.1 Å². The summed E-state index contributed by atoms with van der Waals surface area (Å²) in [6, 6.07) is 5.49. The molecule has 1 aliphatic heterocycles. The molecule has 1 saturated heterocycles. The van der Waals surface area contributed by atoms with Crippen molar-refractivity contribution in [3.63, 3.8) is 0 Å². The molecule has 1 aromatic carbocycles. The van der Waals surface area contributed by atoms with E-state index in [-0.39, 0.29) is 11.9 Å². The summed E-state index contributed by atoms with van der Waals surface area (Å²) in [5.74, 6) is -0.0153. The number of likely N-dealkylation sites (tertiary alicyclic amines) is 1. The van der Waals surface area contributed by atoms with Crippen molar-refractivity contribution < 1.29 is 14.3 Å². The quantitative estimate of drug-likeness (QED) is 0.904. The van der Waals surface area contributed by atoms with E-state index in [2.05, 4.69) is 20.0 Å². The Balaban J connectivity index is 1.70. The molecule has 1 fully saturated rings. The molecule has 0 radical (unpaired) electrons. The largest absolute Gasteiger partial charge is 0.453 e. The topological polar surface area (TPSA) is 84.4 Å². The van der Waals surface area contributed by atoms with Gasteiger partial charge in [-0.3, -0.25) is 4.79 Å². The maximum Gasteiger partial charge on any atom is 0.407 e. The molecular weight excluding hydrogens is 320 g/mol. The second kappa shape index (κ2) is 7.04. The molecule has 3 rings (SSSR count). The molecule has 25 heavy (non-hydrogen) atoms. The molecule has 0 aliphatic carbocycles. The highest BCUT2D eigenvalue weighted by atomic mass is 16.5. The van der Waals surface area contributed by atoms with E-state index in [1.807, 2.05) is 24.8 Å². The van der Waals surface area contributed by atoms with Crippen molar-refractivity contribution in [1.29, 1.82) is 0 Å². The number of hydrogen-bond donors (Lipinski definition) is 1. The first-order chi connectivity index (χ1) is 12.0. The molecule has 0 spiro atoms. The molecule has 2 amide bonds. The Morgan fingerprint density at radius 1 is 1.12 bits per heavy atom. The highest BCUT2D eigenvalue weighted by Gasteiger charge is 2.25. The molecule has 7 heteroatoms. The van der Waals surface area contributed by atoms with Crippen molar-refractivity contribution in [2.75, 3.05) is 20.2 Å². The van der Waals surface area contributed by atoms with Crippen LogP contribution in [0.1, 0.15) is 34.6 Å². The fourth-order valence-electron chi connectivity index (χ4n) is 3.00. The van der Waals surface area contributed by atoms with Gasteiger partial charge in [0, 0.05) is 24.7 Å².